The van der Waals surface area contributed by atoms with Gasteiger partial charge in [-0.2, -0.15) is 0 Å². The van der Waals surface area contributed by atoms with Crippen LogP contribution in [0, 0.1) is 6.92 Å². The van der Waals surface area contributed by atoms with Crippen LogP contribution in [0.25, 0.3) is 0 Å². The van der Waals surface area contributed by atoms with Gasteiger partial charge in [0.2, 0.25) is 5.91 Å². The van der Waals surface area contributed by atoms with E-state index < -0.39 is 21.9 Å². The van der Waals surface area contributed by atoms with E-state index in [1.54, 1.807) is 22.1 Å². The molecule has 2 unspecified atom stereocenters. The maximum Gasteiger partial charge on any atom is 0.256 e. The van der Waals surface area contributed by atoms with E-state index in [4.69, 9.17) is 0 Å². The zero-order valence-corrected chi connectivity index (χ0v) is 16.0. The molecule has 1 aromatic heterocycles. The van der Waals surface area contributed by atoms with Crippen LogP contribution in [0.15, 0.2) is 18.5 Å². The summed E-state index contributed by atoms with van der Waals surface area (Å²) in [5.41, 5.74) is 1.30. The Balaban J connectivity index is 1.86. The number of amides is 2. The van der Waals surface area contributed by atoms with E-state index in [1.165, 1.54) is 6.20 Å². The molecule has 142 valence electrons. The van der Waals surface area contributed by atoms with Crippen molar-refractivity contribution < 1.29 is 18.0 Å². The molecule has 0 saturated carbocycles. The minimum Gasteiger partial charge on any atom is -0.335 e. The Bertz CT molecular complexity index is 808. The van der Waals surface area contributed by atoms with Crippen LogP contribution in [-0.2, 0) is 14.6 Å². The van der Waals surface area contributed by atoms with Crippen LogP contribution in [0.5, 0.6) is 0 Å². The Morgan fingerprint density at radius 3 is 2.50 bits per heavy atom. The first-order valence-electron chi connectivity index (χ1n) is 9.05. The second-order valence-corrected chi connectivity index (χ2v) is 9.25. The Kier molecular flexibility index (Phi) is 5.32. The van der Waals surface area contributed by atoms with Crippen molar-refractivity contribution in [2.75, 3.05) is 24.6 Å². The number of aromatic nitrogens is 1. The van der Waals surface area contributed by atoms with Crippen LogP contribution in [0.2, 0.25) is 0 Å². The van der Waals surface area contributed by atoms with Gasteiger partial charge in [0.15, 0.2) is 9.84 Å². The number of carbonyl (C=O) groups excluding carboxylic acids is 2. The van der Waals surface area contributed by atoms with Crippen LogP contribution in [0.1, 0.15) is 42.1 Å². The monoisotopic (exact) mass is 379 g/mol. The van der Waals surface area contributed by atoms with Crippen molar-refractivity contribution in [3.8, 4) is 0 Å². The van der Waals surface area contributed by atoms with Gasteiger partial charge < -0.3 is 9.80 Å². The van der Waals surface area contributed by atoms with Crippen LogP contribution >= 0.6 is 0 Å². The molecule has 0 aromatic carbocycles. The predicted octanol–water partition coefficient (Wildman–Crippen LogP) is 1.03. The highest BCUT2D eigenvalue weighted by atomic mass is 32.2. The SMILES string of the molecule is CCCCC(=O)N1CCN(C(=O)c2cnccc2C)C2CS(=O)(=O)CC21. The lowest BCUT2D eigenvalue weighted by atomic mass is 10.0. The fourth-order valence-corrected chi connectivity index (χ4v) is 5.81. The molecule has 0 radical (unpaired) electrons. The van der Waals surface area contributed by atoms with E-state index in [-0.39, 0.29) is 23.3 Å². The van der Waals surface area contributed by atoms with E-state index in [0.717, 1.165) is 18.4 Å². The average Bonchev–Trinajstić information content (AvgIpc) is 2.93. The third-order valence-corrected chi connectivity index (χ3v) is 6.97. The molecule has 1 aromatic rings. The van der Waals surface area contributed by atoms with Crippen molar-refractivity contribution in [1.82, 2.24) is 14.8 Å². The van der Waals surface area contributed by atoms with Crippen LogP contribution in [-0.4, -0.2) is 71.7 Å². The van der Waals surface area contributed by atoms with E-state index >= 15 is 0 Å². The molecule has 2 atom stereocenters. The first-order chi connectivity index (χ1) is 12.3. The Labute approximate surface area is 154 Å². The third-order valence-electron chi connectivity index (χ3n) is 5.27. The number of hydrogen-bond donors (Lipinski definition) is 0. The lowest BCUT2D eigenvalue weighted by Crippen LogP contribution is -2.62. The zero-order valence-electron chi connectivity index (χ0n) is 15.2. The largest absolute Gasteiger partial charge is 0.335 e. The Morgan fingerprint density at radius 1 is 1.19 bits per heavy atom. The molecule has 0 N–H and O–H groups in total. The highest BCUT2D eigenvalue weighted by Crippen LogP contribution is 2.29. The number of fused-ring (bicyclic) bond motifs is 1. The van der Waals surface area contributed by atoms with Gasteiger partial charge in [-0.05, 0) is 25.0 Å². The second kappa shape index (κ2) is 7.34. The van der Waals surface area contributed by atoms with E-state index in [2.05, 4.69) is 4.98 Å². The van der Waals surface area contributed by atoms with Gasteiger partial charge in [-0.15, -0.1) is 0 Å². The van der Waals surface area contributed by atoms with Gasteiger partial charge in [0.25, 0.3) is 5.91 Å². The fraction of sp³-hybridized carbons (Fsp3) is 0.611. The van der Waals surface area contributed by atoms with Crippen LogP contribution < -0.4 is 0 Å². The molecule has 2 aliphatic heterocycles. The lowest BCUT2D eigenvalue weighted by molar-refractivity contribution is -0.136. The van der Waals surface area contributed by atoms with Crippen molar-refractivity contribution in [2.24, 2.45) is 0 Å². The van der Waals surface area contributed by atoms with Gasteiger partial charge in [0.05, 0.1) is 29.2 Å². The van der Waals surface area contributed by atoms with Gasteiger partial charge in [-0.25, -0.2) is 8.42 Å². The molecular weight excluding hydrogens is 354 g/mol. The quantitative estimate of drug-likeness (QED) is 0.780. The first kappa shape index (κ1) is 18.8. The standard InChI is InChI=1S/C18H25N3O4S/c1-3-4-5-17(22)20-8-9-21(16-12-26(24,25)11-15(16)20)18(23)14-10-19-7-6-13(14)2/h6-7,10,15-16H,3-5,8-9,11-12H2,1-2H3. The zero-order chi connectivity index (χ0) is 18.9. The molecule has 3 rings (SSSR count). The highest BCUT2D eigenvalue weighted by molar-refractivity contribution is 7.91. The number of aryl methyl sites for hydroxylation is 1. The molecule has 0 aliphatic carbocycles. The molecule has 2 aliphatic rings. The lowest BCUT2D eigenvalue weighted by Gasteiger charge is -2.44. The summed E-state index contributed by atoms with van der Waals surface area (Å²) in [7, 11) is -3.28. The van der Waals surface area contributed by atoms with Gasteiger partial charge >= 0.3 is 0 Å². The van der Waals surface area contributed by atoms with Gasteiger partial charge in [-0.3, -0.25) is 14.6 Å². The van der Waals surface area contributed by atoms with Crippen LogP contribution in [0.3, 0.4) is 0 Å². The molecule has 2 saturated heterocycles. The summed E-state index contributed by atoms with van der Waals surface area (Å²) >= 11 is 0. The molecule has 7 nitrogen and oxygen atoms in total. The molecule has 26 heavy (non-hydrogen) atoms. The van der Waals surface area contributed by atoms with Gasteiger partial charge in [0.1, 0.15) is 0 Å². The number of nitrogens with zero attached hydrogens (tertiary/aromatic N) is 3. The molecule has 3 heterocycles. The topological polar surface area (TPSA) is 87.7 Å². The van der Waals surface area contributed by atoms with Crippen molar-refractivity contribution >= 4 is 21.7 Å². The maximum atomic E-state index is 13.0. The Hall–Kier alpha value is -1.96. The Morgan fingerprint density at radius 2 is 1.85 bits per heavy atom. The van der Waals surface area contributed by atoms with Crippen LogP contribution in [0.4, 0.5) is 0 Å². The van der Waals surface area contributed by atoms with Crippen molar-refractivity contribution in [1.29, 1.82) is 0 Å². The van der Waals surface area contributed by atoms with E-state index in [1.807, 2.05) is 13.8 Å². The summed E-state index contributed by atoms with van der Waals surface area (Å²) in [5, 5.41) is 0. The normalized spacial score (nSPS) is 24.4. The fourth-order valence-electron chi connectivity index (χ4n) is 3.83. The number of unbranched alkanes of at least 4 members (excludes halogenated alkanes) is 1. The summed E-state index contributed by atoms with van der Waals surface area (Å²) in [5.74, 6) is -0.363. The minimum absolute atomic E-state index is 0.0105. The summed E-state index contributed by atoms with van der Waals surface area (Å²) < 4.78 is 24.5. The number of hydrogen-bond acceptors (Lipinski definition) is 5. The summed E-state index contributed by atoms with van der Waals surface area (Å²) in [6, 6.07) is 0.839. The minimum atomic E-state index is -3.28. The van der Waals surface area contributed by atoms with Gasteiger partial charge in [0, 0.05) is 31.9 Å². The molecule has 0 spiro atoms. The molecule has 2 fully saturated rings. The van der Waals surface area contributed by atoms with E-state index in [0.29, 0.717) is 25.1 Å². The number of carbonyl (C=O) groups is 2. The summed E-state index contributed by atoms with van der Waals surface area (Å²) in [6.07, 6.45) is 5.28. The number of sulfone groups is 1. The molecular formula is C18H25N3O4S. The van der Waals surface area contributed by atoms with Crippen molar-refractivity contribution in [2.45, 2.75) is 45.2 Å². The smallest absolute Gasteiger partial charge is 0.256 e. The van der Waals surface area contributed by atoms with Gasteiger partial charge in [-0.1, -0.05) is 13.3 Å². The number of piperazine rings is 1. The summed E-state index contributed by atoms with van der Waals surface area (Å²) in [4.78, 5) is 32.9. The molecule has 2 amide bonds. The maximum absolute atomic E-state index is 13.0. The average molecular weight is 379 g/mol. The second-order valence-electron chi connectivity index (χ2n) is 7.09. The molecule has 0 bridgehead atoms. The van der Waals surface area contributed by atoms with Crippen molar-refractivity contribution in [3.63, 3.8) is 0 Å². The predicted molar refractivity (Wildman–Crippen MR) is 97.5 cm³/mol. The summed E-state index contributed by atoms with van der Waals surface area (Å²) in [6.45, 7) is 4.58. The highest BCUT2D eigenvalue weighted by Gasteiger charge is 2.49. The number of rotatable bonds is 4. The third kappa shape index (κ3) is 3.60. The first-order valence-corrected chi connectivity index (χ1v) is 10.9. The van der Waals surface area contributed by atoms with E-state index in [9.17, 15) is 18.0 Å². The van der Waals surface area contributed by atoms with Crippen molar-refractivity contribution in [3.05, 3.63) is 29.6 Å². The number of pyridine rings is 1. The molecule has 8 heteroatoms.